The van der Waals surface area contributed by atoms with Crippen LogP contribution in [0.5, 0.6) is 5.75 Å². The maximum atomic E-state index is 12.5. The highest BCUT2D eigenvalue weighted by atomic mass is 16.5. The Bertz CT molecular complexity index is 657. The van der Waals surface area contributed by atoms with Gasteiger partial charge in [-0.15, -0.1) is 0 Å². The molecule has 118 valence electrons. The van der Waals surface area contributed by atoms with E-state index in [0.29, 0.717) is 6.42 Å². The van der Waals surface area contributed by atoms with Crippen molar-refractivity contribution in [2.75, 3.05) is 39.8 Å². The molecule has 1 aliphatic heterocycles. The number of aromatic amines is 1. The summed E-state index contributed by atoms with van der Waals surface area (Å²) >= 11 is 0. The van der Waals surface area contributed by atoms with Crippen molar-refractivity contribution in [1.29, 1.82) is 0 Å². The summed E-state index contributed by atoms with van der Waals surface area (Å²) in [6.45, 7) is 6.84. The van der Waals surface area contributed by atoms with Gasteiger partial charge in [-0.3, -0.25) is 4.79 Å². The summed E-state index contributed by atoms with van der Waals surface area (Å²) in [5.41, 5.74) is 2.08. The first-order chi connectivity index (χ1) is 10.7. The van der Waals surface area contributed by atoms with Crippen LogP contribution in [0.2, 0.25) is 0 Å². The van der Waals surface area contributed by atoms with Crippen LogP contribution < -0.4 is 4.74 Å². The molecule has 1 fully saturated rings. The molecular formula is C17H23N3O2. The van der Waals surface area contributed by atoms with Gasteiger partial charge in [-0.25, -0.2) is 0 Å². The smallest absolute Gasteiger partial charge is 0.227 e. The summed E-state index contributed by atoms with van der Waals surface area (Å²) in [5.74, 6) is 1.02. The third-order valence-electron chi connectivity index (χ3n) is 4.49. The van der Waals surface area contributed by atoms with Gasteiger partial charge in [-0.2, -0.15) is 0 Å². The maximum absolute atomic E-state index is 12.5. The number of carbonyl (C=O) groups excluding carboxylic acids is 1. The van der Waals surface area contributed by atoms with Gasteiger partial charge in [-0.1, -0.05) is 6.92 Å². The normalized spacial score (nSPS) is 16.2. The lowest BCUT2D eigenvalue weighted by atomic mass is 10.1. The van der Waals surface area contributed by atoms with Gasteiger partial charge in [0.1, 0.15) is 5.75 Å². The zero-order valence-electron chi connectivity index (χ0n) is 13.3. The Morgan fingerprint density at radius 3 is 2.73 bits per heavy atom. The number of hydrogen-bond donors (Lipinski definition) is 1. The topological polar surface area (TPSA) is 48.6 Å². The summed E-state index contributed by atoms with van der Waals surface area (Å²) in [6, 6.07) is 5.90. The molecule has 2 aromatic rings. The van der Waals surface area contributed by atoms with E-state index in [0.717, 1.165) is 54.9 Å². The number of ether oxygens (including phenoxy) is 1. The van der Waals surface area contributed by atoms with Gasteiger partial charge in [0.2, 0.25) is 5.91 Å². The molecule has 1 N–H and O–H groups in total. The van der Waals surface area contributed by atoms with Crippen molar-refractivity contribution in [3.63, 3.8) is 0 Å². The Balaban J connectivity index is 1.71. The lowest BCUT2D eigenvalue weighted by Gasteiger charge is -2.34. The molecular weight excluding hydrogens is 278 g/mol. The third kappa shape index (κ3) is 2.95. The molecule has 1 amide bonds. The summed E-state index contributed by atoms with van der Waals surface area (Å²) in [6.07, 6.45) is 2.38. The first-order valence-electron chi connectivity index (χ1n) is 7.85. The van der Waals surface area contributed by atoms with E-state index in [2.05, 4.69) is 16.8 Å². The van der Waals surface area contributed by atoms with E-state index in [9.17, 15) is 4.79 Å². The average Bonchev–Trinajstić information content (AvgIpc) is 2.97. The van der Waals surface area contributed by atoms with Gasteiger partial charge in [0.05, 0.1) is 13.5 Å². The van der Waals surface area contributed by atoms with Crippen LogP contribution in [-0.4, -0.2) is 60.5 Å². The number of piperazine rings is 1. The van der Waals surface area contributed by atoms with Crippen LogP contribution in [0.1, 0.15) is 12.5 Å². The molecule has 0 bridgehead atoms. The van der Waals surface area contributed by atoms with Gasteiger partial charge in [-0.05, 0) is 30.3 Å². The number of H-pyrrole nitrogens is 1. The minimum Gasteiger partial charge on any atom is -0.497 e. The minimum absolute atomic E-state index is 0.208. The number of aromatic nitrogens is 1. The summed E-state index contributed by atoms with van der Waals surface area (Å²) in [4.78, 5) is 20.1. The number of fused-ring (bicyclic) bond motifs is 1. The molecule has 0 aliphatic carbocycles. The van der Waals surface area contributed by atoms with E-state index in [1.54, 1.807) is 7.11 Å². The first-order valence-corrected chi connectivity index (χ1v) is 7.85. The van der Waals surface area contributed by atoms with Gasteiger partial charge >= 0.3 is 0 Å². The molecule has 0 atom stereocenters. The van der Waals surface area contributed by atoms with E-state index >= 15 is 0 Å². The average molecular weight is 301 g/mol. The molecule has 22 heavy (non-hydrogen) atoms. The second-order valence-corrected chi connectivity index (χ2v) is 5.72. The molecule has 0 spiro atoms. The van der Waals surface area contributed by atoms with Crippen molar-refractivity contribution in [3.05, 3.63) is 30.0 Å². The van der Waals surface area contributed by atoms with E-state index in [4.69, 9.17) is 4.74 Å². The van der Waals surface area contributed by atoms with Crippen LogP contribution in [0.3, 0.4) is 0 Å². The van der Waals surface area contributed by atoms with Crippen molar-refractivity contribution in [3.8, 4) is 5.75 Å². The maximum Gasteiger partial charge on any atom is 0.227 e. The van der Waals surface area contributed by atoms with Crippen molar-refractivity contribution >= 4 is 16.8 Å². The van der Waals surface area contributed by atoms with Crippen molar-refractivity contribution in [1.82, 2.24) is 14.8 Å². The van der Waals surface area contributed by atoms with Crippen molar-refractivity contribution in [2.24, 2.45) is 0 Å². The SMILES string of the molecule is CCN1CCN(C(=O)Cc2c[nH]c3ccc(OC)cc23)CC1. The number of carbonyl (C=O) groups is 1. The number of nitrogens with one attached hydrogen (secondary N) is 1. The fourth-order valence-corrected chi connectivity index (χ4v) is 3.02. The fraction of sp³-hybridized carbons (Fsp3) is 0.471. The van der Waals surface area contributed by atoms with Crippen LogP contribution in [0.15, 0.2) is 24.4 Å². The molecule has 0 radical (unpaired) electrons. The predicted octanol–water partition coefficient (Wildman–Crippen LogP) is 1.88. The summed E-state index contributed by atoms with van der Waals surface area (Å²) < 4.78 is 5.28. The summed E-state index contributed by atoms with van der Waals surface area (Å²) in [7, 11) is 1.66. The van der Waals surface area contributed by atoms with Gasteiger partial charge in [0.15, 0.2) is 0 Å². The van der Waals surface area contributed by atoms with Crippen LogP contribution in [-0.2, 0) is 11.2 Å². The monoisotopic (exact) mass is 301 g/mol. The molecule has 0 unspecified atom stereocenters. The van der Waals surface area contributed by atoms with Crippen LogP contribution in [0.4, 0.5) is 0 Å². The second-order valence-electron chi connectivity index (χ2n) is 5.72. The third-order valence-corrected chi connectivity index (χ3v) is 4.49. The van der Waals surface area contributed by atoms with Crippen molar-refractivity contribution in [2.45, 2.75) is 13.3 Å². The fourth-order valence-electron chi connectivity index (χ4n) is 3.02. The number of rotatable bonds is 4. The quantitative estimate of drug-likeness (QED) is 0.938. The number of likely N-dealkylation sites (N-methyl/N-ethyl adjacent to an activating group) is 1. The largest absolute Gasteiger partial charge is 0.497 e. The minimum atomic E-state index is 0.208. The number of nitrogens with zero attached hydrogens (tertiary/aromatic N) is 2. The first kappa shape index (κ1) is 14.9. The Morgan fingerprint density at radius 1 is 1.27 bits per heavy atom. The lowest BCUT2D eigenvalue weighted by molar-refractivity contribution is -0.132. The zero-order valence-corrected chi connectivity index (χ0v) is 13.3. The second kappa shape index (κ2) is 6.40. The lowest BCUT2D eigenvalue weighted by Crippen LogP contribution is -2.48. The molecule has 1 aromatic carbocycles. The zero-order chi connectivity index (χ0) is 15.5. The molecule has 1 saturated heterocycles. The molecule has 1 aromatic heterocycles. The number of benzene rings is 1. The van der Waals surface area contributed by atoms with E-state index in [1.165, 1.54) is 0 Å². The Hall–Kier alpha value is -2.01. The molecule has 1 aliphatic rings. The molecule has 0 saturated carbocycles. The Labute approximate surface area is 130 Å². The standard InChI is InChI=1S/C17H23N3O2/c1-3-19-6-8-20(9-7-19)17(21)10-13-12-18-16-5-4-14(22-2)11-15(13)16/h4-5,11-12,18H,3,6-10H2,1-2H3. The highest BCUT2D eigenvalue weighted by Gasteiger charge is 2.21. The number of methoxy groups -OCH3 is 1. The molecule has 5 nitrogen and oxygen atoms in total. The van der Waals surface area contributed by atoms with Gasteiger partial charge in [0.25, 0.3) is 0 Å². The summed E-state index contributed by atoms with van der Waals surface area (Å²) in [5, 5.41) is 1.07. The highest BCUT2D eigenvalue weighted by molar-refractivity contribution is 5.89. The van der Waals surface area contributed by atoms with Gasteiger partial charge in [0, 0.05) is 43.3 Å². The van der Waals surface area contributed by atoms with E-state index < -0.39 is 0 Å². The van der Waals surface area contributed by atoms with E-state index in [1.807, 2.05) is 29.3 Å². The van der Waals surface area contributed by atoms with Crippen LogP contribution in [0, 0.1) is 0 Å². The van der Waals surface area contributed by atoms with Crippen LogP contribution in [0.25, 0.3) is 10.9 Å². The Morgan fingerprint density at radius 2 is 2.05 bits per heavy atom. The Kier molecular flexibility index (Phi) is 4.34. The van der Waals surface area contributed by atoms with Crippen molar-refractivity contribution < 1.29 is 9.53 Å². The number of amides is 1. The van der Waals surface area contributed by atoms with Crippen LogP contribution >= 0.6 is 0 Å². The van der Waals surface area contributed by atoms with Gasteiger partial charge < -0.3 is 19.5 Å². The highest BCUT2D eigenvalue weighted by Crippen LogP contribution is 2.24. The molecule has 2 heterocycles. The molecule has 3 rings (SSSR count). The molecule has 5 heteroatoms. The van der Waals surface area contributed by atoms with E-state index in [-0.39, 0.29) is 5.91 Å². The predicted molar refractivity (Wildman–Crippen MR) is 87.2 cm³/mol. The number of hydrogen-bond acceptors (Lipinski definition) is 3.